The van der Waals surface area contributed by atoms with E-state index in [2.05, 4.69) is 15.5 Å². The number of hydrogen-bond acceptors (Lipinski definition) is 5. The Kier molecular flexibility index (Phi) is 4.19. The summed E-state index contributed by atoms with van der Waals surface area (Å²) in [5.41, 5.74) is 0.289. The number of hydrogen-bond donors (Lipinski definition) is 1. The van der Waals surface area contributed by atoms with Crippen molar-refractivity contribution >= 4 is 11.9 Å². The molecule has 0 fully saturated rings. The quantitative estimate of drug-likeness (QED) is 0.794. The van der Waals surface area contributed by atoms with E-state index >= 15 is 0 Å². The molecule has 1 amide bonds. The Labute approximate surface area is 135 Å². The van der Waals surface area contributed by atoms with Gasteiger partial charge in [0.2, 0.25) is 5.89 Å². The van der Waals surface area contributed by atoms with Crippen molar-refractivity contribution in [1.29, 1.82) is 0 Å². The number of halogens is 2. The predicted octanol–water partition coefficient (Wildman–Crippen LogP) is 3.28. The van der Waals surface area contributed by atoms with Crippen LogP contribution >= 0.6 is 0 Å². The molecular weight excluding hydrogens is 320 g/mol. The second-order valence-corrected chi connectivity index (χ2v) is 4.72. The van der Waals surface area contributed by atoms with Gasteiger partial charge in [0.1, 0.15) is 17.4 Å². The minimum Gasteiger partial charge on any atom is -0.497 e. The number of rotatable bonds is 4. The highest BCUT2D eigenvalue weighted by Crippen LogP contribution is 2.23. The first-order valence-corrected chi connectivity index (χ1v) is 6.81. The fourth-order valence-electron chi connectivity index (χ4n) is 1.96. The molecule has 1 N–H and O–H groups in total. The van der Waals surface area contributed by atoms with Crippen molar-refractivity contribution in [1.82, 2.24) is 10.2 Å². The third-order valence-electron chi connectivity index (χ3n) is 3.16. The fourth-order valence-corrected chi connectivity index (χ4v) is 1.96. The highest BCUT2D eigenvalue weighted by atomic mass is 19.1. The number of carbonyl (C=O) groups excluding carboxylic acids is 1. The number of aromatic nitrogens is 2. The summed E-state index contributed by atoms with van der Waals surface area (Å²) in [4.78, 5) is 12.0. The lowest BCUT2D eigenvalue weighted by molar-refractivity contribution is 0.102. The number of nitrogens with one attached hydrogen (secondary N) is 1. The van der Waals surface area contributed by atoms with Crippen molar-refractivity contribution in [2.24, 2.45) is 0 Å². The highest BCUT2D eigenvalue weighted by molar-refractivity contribution is 6.03. The van der Waals surface area contributed by atoms with Crippen molar-refractivity contribution in [3.05, 3.63) is 59.7 Å². The Morgan fingerprint density at radius 1 is 1.12 bits per heavy atom. The summed E-state index contributed by atoms with van der Waals surface area (Å²) in [5, 5.41) is 9.74. The van der Waals surface area contributed by atoms with E-state index in [4.69, 9.17) is 9.15 Å². The van der Waals surface area contributed by atoms with Gasteiger partial charge in [0, 0.05) is 11.6 Å². The molecule has 0 aliphatic heterocycles. The van der Waals surface area contributed by atoms with E-state index in [0.29, 0.717) is 17.4 Å². The van der Waals surface area contributed by atoms with Crippen LogP contribution < -0.4 is 10.1 Å². The Bertz CT molecular complexity index is 879. The lowest BCUT2D eigenvalue weighted by Gasteiger charge is -2.02. The molecule has 0 unspecified atom stereocenters. The maximum atomic E-state index is 13.6. The van der Waals surface area contributed by atoms with Crippen LogP contribution in [0.1, 0.15) is 10.4 Å². The van der Waals surface area contributed by atoms with E-state index in [1.54, 1.807) is 31.4 Å². The van der Waals surface area contributed by atoms with Gasteiger partial charge < -0.3 is 9.15 Å². The lowest BCUT2D eigenvalue weighted by Crippen LogP contribution is -2.14. The molecule has 0 aliphatic rings. The van der Waals surface area contributed by atoms with Crippen LogP contribution in [0.3, 0.4) is 0 Å². The summed E-state index contributed by atoms with van der Waals surface area (Å²) in [6.07, 6.45) is 0. The van der Waals surface area contributed by atoms with Crippen LogP contribution in [0.5, 0.6) is 5.75 Å². The van der Waals surface area contributed by atoms with Crippen LogP contribution in [0.25, 0.3) is 11.5 Å². The molecule has 1 heterocycles. The second kappa shape index (κ2) is 6.45. The highest BCUT2D eigenvalue weighted by Gasteiger charge is 2.16. The Hall–Kier alpha value is -3.29. The first-order valence-electron chi connectivity index (χ1n) is 6.81. The summed E-state index contributed by atoms with van der Waals surface area (Å²) >= 11 is 0. The molecule has 3 aromatic rings. The van der Waals surface area contributed by atoms with Gasteiger partial charge in [-0.2, -0.15) is 0 Å². The van der Waals surface area contributed by atoms with Gasteiger partial charge in [0.05, 0.1) is 12.7 Å². The van der Waals surface area contributed by atoms with E-state index in [1.807, 2.05) is 0 Å². The largest absolute Gasteiger partial charge is 0.497 e. The third-order valence-corrected chi connectivity index (χ3v) is 3.16. The SMILES string of the molecule is COc1ccc(-c2nnc(NC(=O)c3ccc(F)cc3F)o2)cc1. The van der Waals surface area contributed by atoms with Gasteiger partial charge in [0.15, 0.2) is 0 Å². The zero-order valence-electron chi connectivity index (χ0n) is 12.4. The van der Waals surface area contributed by atoms with Crippen LogP contribution in [-0.2, 0) is 0 Å². The summed E-state index contributed by atoms with van der Waals surface area (Å²) in [7, 11) is 1.55. The molecule has 122 valence electrons. The molecule has 0 atom stereocenters. The average molecular weight is 331 g/mol. The van der Waals surface area contributed by atoms with Crippen LogP contribution in [-0.4, -0.2) is 23.2 Å². The Balaban J connectivity index is 1.76. The smallest absolute Gasteiger partial charge is 0.322 e. The summed E-state index contributed by atoms with van der Waals surface area (Å²) < 4.78 is 36.8. The molecule has 0 aliphatic carbocycles. The molecule has 8 heteroatoms. The molecule has 1 aromatic heterocycles. The lowest BCUT2D eigenvalue weighted by atomic mass is 10.2. The van der Waals surface area contributed by atoms with E-state index in [-0.39, 0.29) is 17.5 Å². The number of nitrogens with zero attached hydrogens (tertiary/aromatic N) is 2. The van der Waals surface area contributed by atoms with Crippen molar-refractivity contribution < 1.29 is 22.7 Å². The van der Waals surface area contributed by atoms with Gasteiger partial charge in [-0.05, 0) is 36.4 Å². The van der Waals surface area contributed by atoms with Crippen LogP contribution in [0.4, 0.5) is 14.8 Å². The number of ether oxygens (including phenoxy) is 1. The Morgan fingerprint density at radius 2 is 1.88 bits per heavy atom. The van der Waals surface area contributed by atoms with Crippen LogP contribution in [0, 0.1) is 11.6 Å². The van der Waals surface area contributed by atoms with Crippen molar-refractivity contribution in [3.8, 4) is 17.2 Å². The van der Waals surface area contributed by atoms with Crippen molar-refractivity contribution in [3.63, 3.8) is 0 Å². The van der Waals surface area contributed by atoms with Gasteiger partial charge in [0.25, 0.3) is 5.91 Å². The van der Waals surface area contributed by atoms with Crippen molar-refractivity contribution in [2.45, 2.75) is 0 Å². The molecule has 2 aromatic carbocycles. The van der Waals surface area contributed by atoms with Gasteiger partial charge >= 0.3 is 6.01 Å². The molecule has 3 rings (SSSR count). The molecule has 0 saturated heterocycles. The third kappa shape index (κ3) is 3.22. The summed E-state index contributed by atoms with van der Waals surface area (Å²) in [6.45, 7) is 0. The van der Waals surface area contributed by atoms with Crippen LogP contribution in [0.15, 0.2) is 46.9 Å². The van der Waals surface area contributed by atoms with Crippen molar-refractivity contribution in [2.75, 3.05) is 12.4 Å². The summed E-state index contributed by atoms with van der Waals surface area (Å²) in [6, 6.07) is 9.27. The van der Waals surface area contributed by atoms with E-state index in [0.717, 1.165) is 12.1 Å². The molecule has 0 bridgehead atoms. The number of benzene rings is 2. The molecular formula is C16H11F2N3O3. The molecule has 24 heavy (non-hydrogen) atoms. The zero-order chi connectivity index (χ0) is 17.1. The molecule has 0 saturated carbocycles. The van der Waals surface area contributed by atoms with Gasteiger partial charge in [-0.3, -0.25) is 10.1 Å². The second-order valence-electron chi connectivity index (χ2n) is 4.72. The van der Waals surface area contributed by atoms with E-state index in [9.17, 15) is 13.6 Å². The standard InChI is InChI=1S/C16H11F2N3O3/c1-23-11-5-2-9(3-6-11)15-20-21-16(24-15)19-14(22)12-7-4-10(17)8-13(12)18/h2-8H,1H3,(H,19,21,22). The molecule has 0 radical (unpaired) electrons. The summed E-state index contributed by atoms with van der Waals surface area (Å²) in [5.74, 6) is -1.74. The first-order chi connectivity index (χ1) is 11.6. The topological polar surface area (TPSA) is 77.3 Å². The van der Waals surface area contributed by atoms with Gasteiger partial charge in [-0.1, -0.05) is 5.10 Å². The number of methoxy groups -OCH3 is 1. The number of anilines is 1. The molecule has 6 nitrogen and oxygen atoms in total. The van der Waals surface area contributed by atoms with Crippen LogP contribution in [0.2, 0.25) is 0 Å². The zero-order valence-corrected chi connectivity index (χ0v) is 12.4. The number of carbonyl (C=O) groups is 1. The number of amides is 1. The molecule has 0 spiro atoms. The maximum absolute atomic E-state index is 13.6. The van der Waals surface area contributed by atoms with E-state index < -0.39 is 17.5 Å². The maximum Gasteiger partial charge on any atom is 0.322 e. The minimum absolute atomic E-state index is 0.174. The normalized spacial score (nSPS) is 10.5. The predicted molar refractivity (Wildman–Crippen MR) is 80.6 cm³/mol. The van der Waals surface area contributed by atoms with E-state index in [1.165, 1.54) is 0 Å². The monoisotopic (exact) mass is 331 g/mol. The first kappa shape index (κ1) is 15.6. The fraction of sp³-hybridized carbons (Fsp3) is 0.0625. The Morgan fingerprint density at radius 3 is 2.54 bits per heavy atom. The van der Waals surface area contributed by atoms with Gasteiger partial charge in [-0.25, -0.2) is 8.78 Å². The van der Waals surface area contributed by atoms with Gasteiger partial charge in [-0.15, -0.1) is 5.10 Å². The minimum atomic E-state index is -0.984. The average Bonchev–Trinajstić information content (AvgIpc) is 3.03.